The maximum Gasteiger partial charge on any atom is 0.408 e. The van der Waals surface area contributed by atoms with Gasteiger partial charge >= 0.3 is 18.0 Å². The number of hydrazine groups is 1. The van der Waals surface area contributed by atoms with Gasteiger partial charge in [-0.05, 0) is 107 Å². The van der Waals surface area contributed by atoms with Crippen LogP contribution in [0.4, 0.5) is 10.5 Å². The first-order valence-corrected chi connectivity index (χ1v) is 23.5. The van der Waals surface area contributed by atoms with Gasteiger partial charge in [-0.15, -0.1) is 0 Å². The predicted molar refractivity (Wildman–Crippen MR) is 255 cm³/mol. The molecule has 3 fully saturated rings. The van der Waals surface area contributed by atoms with E-state index >= 15 is 0 Å². The number of hydrogen-bond donors (Lipinski definition) is 3. The van der Waals surface area contributed by atoms with Crippen LogP contribution in [-0.4, -0.2) is 119 Å². The van der Waals surface area contributed by atoms with Gasteiger partial charge in [0.25, 0.3) is 5.91 Å². The fourth-order valence-electron chi connectivity index (χ4n) is 9.37. The summed E-state index contributed by atoms with van der Waals surface area (Å²) >= 11 is 0. The first-order chi connectivity index (χ1) is 31.3. The van der Waals surface area contributed by atoms with Crippen LogP contribution in [0.15, 0.2) is 54.7 Å². The van der Waals surface area contributed by atoms with E-state index in [4.69, 9.17) is 19.2 Å². The van der Waals surface area contributed by atoms with Crippen molar-refractivity contribution in [3.63, 3.8) is 0 Å². The lowest BCUT2D eigenvalue weighted by Crippen LogP contribution is -2.60. The lowest BCUT2D eigenvalue weighted by atomic mass is 9.84. The number of esters is 1. The van der Waals surface area contributed by atoms with E-state index in [1.807, 2.05) is 37.4 Å². The Bertz CT molecular complexity index is 2410. The second kappa shape index (κ2) is 20.2. The zero-order valence-electron chi connectivity index (χ0n) is 40.2. The van der Waals surface area contributed by atoms with Gasteiger partial charge < -0.3 is 34.1 Å². The summed E-state index contributed by atoms with van der Waals surface area (Å²) < 4.78 is 19.6. The molecular formula is C51H69N7O8. The van der Waals surface area contributed by atoms with Crippen LogP contribution in [0.2, 0.25) is 0 Å². The molecule has 2 aliphatic heterocycles. The number of carboxylic acids is 1. The van der Waals surface area contributed by atoms with Crippen LogP contribution < -0.4 is 15.6 Å². The predicted octanol–water partition coefficient (Wildman–Crippen LogP) is 7.53. The molecule has 2 amide bonds. The van der Waals surface area contributed by atoms with Crippen LogP contribution in [0, 0.1) is 5.41 Å². The molecule has 1 aliphatic carbocycles. The van der Waals surface area contributed by atoms with Gasteiger partial charge in [-0.1, -0.05) is 44.2 Å². The Morgan fingerprint density at radius 2 is 1.68 bits per heavy atom. The van der Waals surface area contributed by atoms with Gasteiger partial charge in [0.1, 0.15) is 17.7 Å². The summed E-state index contributed by atoms with van der Waals surface area (Å²) in [5.74, 6) is -1.81. The van der Waals surface area contributed by atoms with Crippen molar-refractivity contribution in [3.05, 3.63) is 71.5 Å². The summed E-state index contributed by atoms with van der Waals surface area (Å²) in [5, 5.41) is 14.9. The monoisotopic (exact) mass is 908 g/mol. The Morgan fingerprint density at radius 3 is 2.33 bits per heavy atom. The maximum atomic E-state index is 14.1. The summed E-state index contributed by atoms with van der Waals surface area (Å²) in [4.78, 5) is 61.4. The van der Waals surface area contributed by atoms with E-state index in [1.54, 1.807) is 27.9 Å². The highest BCUT2D eigenvalue weighted by molar-refractivity contribution is 5.96. The standard InChI is InChI=1S/C51H69N7O8/c1-10-57-44-19-16-36(35-14-11-13-34(25-35)26-43(53-49(63)66-50(4,5)6)47(60)58-20-12-15-42(54-58)48(61)62)27-39(44)41(29-51(7,8)31-65-33(3)59)46(57)40-28-38(30-52-45(40)32(2)64-9)56-23-21-55(22-24-56)37-17-18-37/h11,13-14,16,19,25,27-28,30,32,37,42-43,54H,10,12,15,17-18,20-24,26,29,31H2,1-9H3,(H,53,63)(H,61,62)/t32?,42-,43?/m0/s1. The Balaban J connectivity index is 1.30. The van der Waals surface area contributed by atoms with Crippen LogP contribution in [0.1, 0.15) is 104 Å². The number of benzene rings is 2. The zero-order valence-corrected chi connectivity index (χ0v) is 40.2. The number of aromatic nitrogens is 2. The third-order valence-electron chi connectivity index (χ3n) is 12.9. The molecule has 4 aromatic rings. The summed E-state index contributed by atoms with van der Waals surface area (Å²) in [6.45, 7) is 20.3. The number of ether oxygens (including phenoxy) is 3. The number of fused-ring (bicyclic) bond motifs is 1. The molecule has 2 unspecified atom stereocenters. The number of amides is 2. The van der Waals surface area contributed by atoms with E-state index in [0.717, 1.165) is 88.0 Å². The van der Waals surface area contributed by atoms with E-state index in [2.05, 4.69) is 70.1 Å². The summed E-state index contributed by atoms with van der Waals surface area (Å²) in [5.41, 5.74) is 10.5. The van der Waals surface area contributed by atoms with Gasteiger partial charge in [-0.3, -0.25) is 29.3 Å². The fraction of sp³-hybridized carbons (Fsp3) is 0.549. The lowest BCUT2D eigenvalue weighted by Gasteiger charge is -2.36. The molecule has 3 atom stereocenters. The molecule has 0 spiro atoms. The van der Waals surface area contributed by atoms with Crippen LogP contribution in [0.25, 0.3) is 33.3 Å². The van der Waals surface area contributed by atoms with Crippen molar-refractivity contribution in [2.24, 2.45) is 5.41 Å². The maximum absolute atomic E-state index is 14.1. The topological polar surface area (TPSA) is 168 Å². The summed E-state index contributed by atoms with van der Waals surface area (Å²) in [6, 6.07) is 15.5. The molecule has 15 heteroatoms. The van der Waals surface area contributed by atoms with Crippen molar-refractivity contribution in [3.8, 4) is 22.4 Å². The number of methoxy groups -OCH3 is 1. The van der Waals surface area contributed by atoms with Gasteiger partial charge in [0, 0.05) is 87.6 Å². The Morgan fingerprint density at radius 1 is 0.955 bits per heavy atom. The number of piperazine rings is 1. The van der Waals surface area contributed by atoms with Gasteiger partial charge in [-0.25, -0.2) is 10.2 Å². The van der Waals surface area contributed by atoms with Crippen LogP contribution >= 0.6 is 0 Å². The van der Waals surface area contributed by atoms with Crippen LogP contribution in [0.5, 0.6) is 0 Å². The summed E-state index contributed by atoms with van der Waals surface area (Å²) in [7, 11) is 1.71. The molecule has 0 bridgehead atoms. The molecule has 7 rings (SSSR count). The van der Waals surface area contributed by atoms with Crippen molar-refractivity contribution in [1.29, 1.82) is 0 Å². The number of rotatable bonds is 16. The minimum atomic E-state index is -1.04. The molecular weight excluding hydrogens is 839 g/mol. The van der Waals surface area contributed by atoms with Gasteiger partial charge in [0.2, 0.25) is 0 Å². The van der Waals surface area contributed by atoms with Crippen molar-refractivity contribution < 1.29 is 38.5 Å². The van der Waals surface area contributed by atoms with Crippen molar-refractivity contribution >= 4 is 40.5 Å². The zero-order chi connectivity index (χ0) is 47.5. The van der Waals surface area contributed by atoms with E-state index in [1.165, 1.54) is 24.8 Å². The highest BCUT2D eigenvalue weighted by Crippen LogP contribution is 2.43. The number of pyridine rings is 1. The SMILES string of the molecule is CCn1c(-c2cc(N3CCN(C4CC4)CC3)cnc2C(C)OC)c(CC(C)(C)COC(C)=O)c2cc(-c3cccc(CC(NC(=O)OC(C)(C)C)C(=O)N4CCC[C@@H](C(=O)O)N4)c3)ccc21. The molecule has 2 aromatic heterocycles. The highest BCUT2D eigenvalue weighted by Gasteiger charge is 2.35. The van der Waals surface area contributed by atoms with E-state index in [9.17, 15) is 24.3 Å². The van der Waals surface area contributed by atoms with Crippen molar-refractivity contribution in [2.45, 2.75) is 130 Å². The first kappa shape index (κ1) is 48.4. The fourth-order valence-corrected chi connectivity index (χ4v) is 9.37. The lowest BCUT2D eigenvalue weighted by molar-refractivity contribution is -0.148. The largest absolute Gasteiger partial charge is 0.480 e. The Labute approximate surface area is 389 Å². The van der Waals surface area contributed by atoms with E-state index in [0.29, 0.717) is 32.4 Å². The molecule has 3 N–H and O–H groups in total. The molecule has 66 heavy (non-hydrogen) atoms. The number of hydrogen-bond acceptors (Lipinski definition) is 11. The normalized spacial score (nSPS) is 18.2. The van der Waals surface area contributed by atoms with Gasteiger partial charge in [0.05, 0.1) is 36.0 Å². The third-order valence-corrected chi connectivity index (χ3v) is 12.9. The number of aliphatic carboxylic acids is 1. The molecule has 4 heterocycles. The number of nitrogens with zero attached hydrogens (tertiary/aromatic N) is 5. The average molecular weight is 908 g/mol. The second-order valence-corrected chi connectivity index (χ2v) is 19.9. The number of nitrogens with one attached hydrogen (secondary N) is 2. The number of carbonyl (C=O) groups excluding carboxylic acids is 3. The molecule has 2 saturated heterocycles. The summed E-state index contributed by atoms with van der Waals surface area (Å²) in [6.07, 6.45) is 5.18. The number of alkyl carbamates (subject to hydrolysis) is 1. The molecule has 356 valence electrons. The second-order valence-electron chi connectivity index (χ2n) is 19.9. The van der Waals surface area contributed by atoms with Crippen molar-refractivity contribution in [1.82, 2.24) is 30.2 Å². The smallest absolute Gasteiger partial charge is 0.408 e. The molecule has 3 aliphatic rings. The molecule has 15 nitrogen and oxygen atoms in total. The average Bonchev–Trinajstić information content (AvgIpc) is 4.10. The number of anilines is 1. The number of carbonyl (C=O) groups is 4. The minimum absolute atomic E-state index is 0.134. The number of carboxylic acid groups (broad SMARTS) is 1. The van der Waals surface area contributed by atoms with Crippen LogP contribution in [0.3, 0.4) is 0 Å². The van der Waals surface area contributed by atoms with Crippen molar-refractivity contribution in [2.75, 3.05) is 51.3 Å². The highest BCUT2D eigenvalue weighted by atomic mass is 16.6. The quantitative estimate of drug-likeness (QED) is 0.0948. The third kappa shape index (κ3) is 11.5. The van der Waals surface area contributed by atoms with Crippen LogP contribution in [-0.2, 0) is 48.0 Å². The van der Waals surface area contributed by atoms with E-state index < -0.39 is 41.1 Å². The molecule has 2 aromatic carbocycles. The molecule has 1 saturated carbocycles. The van der Waals surface area contributed by atoms with E-state index in [-0.39, 0.29) is 25.1 Å². The molecule has 0 radical (unpaired) electrons. The Kier molecular flexibility index (Phi) is 14.8. The van der Waals surface area contributed by atoms with Gasteiger partial charge in [0.15, 0.2) is 0 Å². The first-order valence-electron chi connectivity index (χ1n) is 23.5. The van der Waals surface area contributed by atoms with Gasteiger partial charge in [-0.2, -0.15) is 0 Å². The number of aryl methyl sites for hydroxylation is 1. The minimum Gasteiger partial charge on any atom is -0.480 e. The Hall–Kier alpha value is -5.51.